The minimum absolute atomic E-state index is 0.0905. The van der Waals surface area contributed by atoms with Gasteiger partial charge in [-0.05, 0) is 12.8 Å². The number of unbranched alkanes of at least 4 members (excludes halogenated alkanes) is 26. The van der Waals surface area contributed by atoms with Gasteiger partial charge >= 0.3 is 13.8 Å². The highest BCUT2D eigenvalue weighted by Crippen LogP contribution is 2.43. The van der Waals surface area contributed by atoms with E-state index >= 15 is 0 Å². The molecule has 3 N–H and O–H groups in total. The topological polar surface area (TPSA) is 117 Å². The normalized spacial score (nSPS) is 13.5. The Balaban J connectivity index is 3.93. The molecule has 0 aromatic carbocycles. The zero-order valence-corrected chi connectivity index (χ0v) is 31.9. The summed E-state index contributed by atoms with van der Waals surface area (Å²) in [6.45, 7) is 4.95. The van der Waals surface area contributed by atoms with Crippen molar-refractivity contribution in [2.45, 2.75) is 206 Å². The smallest absolute Gasteiger partial charge is 0.457 e. The van der Waals surface area contributed by atoms with E-state index in [-0.39, 0.29) is 32.3 Å². The van der Waals surface area contributed by atoms with Crippen LogP contribution in [0, 0.1) is 0 Å². The Hall–Kier alpha value is -0.500. The van der Waals surface area contributed by atoms with Crippen LogP contribution in [0.3, 0.4) is 0 Å². The quantitative estimate of drug-likeness (QED) is 0.0371. The molecule has 0 heterocycles. The van der Waals surface area contributed by atoms with Gasteiger partial charge in [-0.1, -0.05) is 181 Å². The molecule has 0 spiro atoms. The number of hydrogen-bond acceptors (Lipinski definition) is 7. The predicted octanol–water partition coefficient (Wildman–Crippen LogP) is 11.4. The highest BCUT2D eigenvalue weighted by Gasteiger charge is 2.25. The third kappa shape index (κ3) is 36.6. The van der Waals surface area contributed by atoms with E-state index in [2.05, 4.69) is 13.8 Å². The number of carbonyl (C=O) groups is 1. The first-order valence-electron chi connectivity index (χ1n) is 20.0. The molecule has 47 heavy (non-hydrogen) atoms. The minimum Gasteiger partial charge on any atom is -0.457 e. The van der Waals surface area contributed by atoms with Gasteiger partial charge in [-0.25, -0.2) is 4.57 Å². The van der Waals surface area contributed by atoms with E-state index in [0.717, 1.165) is 32.1 Å². The minimum atomic E-state index is -4.26. The van der Waals surface area contributed by atoms with Gasteiger partial charge in [0.2, 0.25) is 0 Å². The number of phosphoric acid groups is 1. The van der Waals surface area contributed by atoms with E-state index in [9.17, 15) is 14.3 Å². The average molecular weight is 692 g/mol. The van der Waals surface area contributed by atoms with E-state index in [1.54, 1.807) is 0 Å². The number of rotatable bonds is 39. The van der Waals surface area contributed by atoms with Crippen molar-refractivity contribution in [2.24, 2.45) is 5.73 Å². The van der Waals surface area contributed by atoms with Crippen molar-refractivity contribution in [3.63, 3.8) is 0 Å². The first-order chi connectivity index (χ1) is 22.9. The van der Waals surface area contributed by atoms with Crippen molar-refractivity contribution >= 4 is 13.8 Å². The maximum absolute atomic E-state index is 12.5. The summed E-state index contributed by atoms with van der Waals surface area (Å²) < 4.78 is 33.3. The molecule has 0 bridgehead atoms. The summed E-state index contributed by atoms with van der Waals surface area (Å²) in [6.07, 6.45) is 35.5. The van der Waals surface area contributed by atoms with Crippen LogP contribution in [0.4, 0.5) is 0 Å². The van der Waals surface area contributed by atoms with Gasteiger partial charge < -0.3 is 20.1 Å². The third-order valence-corrected chi connectivity index (χ3v) is 9.76. The van der Waals surface area contributed by atoms with Crippen LogP contribution in [-0.4, -0.2) is 49.9 Å². The molecule has 0 aliphatic rings. The molecule has 2 unspecified atom stereocenters. The number of esters is 1. The Bertz CT molecular complexity index is 697. The van der Waals surface area contributed by atoms with Gasteiger partial charge in [0.1, 0.15) is 6.10 Å². The van der Waals surface area contributed by atoms with E-state index < -0.39 is 13.9 Å². The Labute approximate surface area is 291 Å². The summed E-state index contributed by atoms with van der Waals surface area (Å²) in [7, 11) is -4.26. The molecule has 0 aliphatic heterocycles. The molecule has 0 saturated carbocycles. The number of phosphoric ester groups is 1. The number of ether oxygens (including phenoxy) is 2. The largest absolute Gasteiger partial charge is 0.472 e. The lowest BCUT2D eigenvalue weighted by molar-refractivity contribution is -0.154. The Kier molecular flexibility index (Phi) is 36.4. The van der Waals surface area contributed by atoms with Crippen LogP contribution in [-0.2, 0) is 27.9 Å². The van der Waals surface area contributed by atoms with Crippen molar-refractivity contribution in [1.29, 1.82) is 0 Å². The van der Waals surface area contributed by atoms with Crippen LogP contribution < -0.4 is 5.73 Å². The molecular weight excluding hydrogens is 613 g/mol. The zero-order valence-electron chi connectivity index (χ0n) is 31.0. The highest BCUT2D eigenvalue weighted by molar-refractivity contribution is 7.47. The SMILES string of the molecule is CCCCCCCCCCCCCCCCCCCCCC(=O)OC(COCCCCCCCCCCC)COP(=O)(O)OCCN. The molecule has 0 saturated heterocycles. The van der Waals surface area contributed by atoms with Gasteiger partial charge in [-0.3, -0.25) is 13.8 Å². The molecule has 0 fully saturated rings. The summed E-state index contributed by atoms with van der Waals surface area (Å²) in [5, 5.41) is 0. The van der Waals surface area contributed by atoms with Gasteiger partial charge in [0.25, 0.3) is 0 Å². The zero-order chi connectivity index (χ0) is 34.5. The summed E-state index contributed by atoms with van der Waals surface area (Å²) in [5.74, 6) is -0.326. The summed E-state index contributed by atoms with van der Waals surface area (Å²) >= 11 is 0. The molecule has 0 amide bonds. The van der Waals surface area contributed by atoms with E-state index in [4.69, 9.17) is 24.3 Å². The first-order valence-corrected chi connectivity index (χ1v) is 21.5. The van der Waals surface area contributed by atoms with Gasteiger partial charge in [-0.2, -0.15) is 0 Å². The summed E-state index contributed by atoms with van der Waals surface area (Å²) in [5.41, 5.74) is 5.35. The van der Waals surface area contributed by atoms with Crippen LogP contribution in [0.1, 0.15) is 200 Å². The van der Waals surface area contributed by atoms with Crippen molar-refractivity contribution in [2.75, 3.05) is 33.0 Å². The van der Waals surface area contributed by atoms with Crippen LogP contribution in [0.2, 0.25) is 0 Å². The van der Waals surface area contributed by atoms with Crippen LogP contribution in [0.5, 0.6) is 0 Å². The molecule has 0 aromatic rings. The third-order valence-electron chi connectivity index (χ3n) is 8.77. The molecule has 0 rings (SSSR count). The molecular formula is C38H78NO7P. The van der Waals surface area contributed by atoms with E-state index in [1.807, 2.05) is 0 Å². The van der Waals surface area contributed by atoms with E-state index in [1.165, 1.54) is 148 Å². The highest BCUT2D eigenvalue weighted by atomic mass is 31.2. The maximum atomic E-state index is 12.5. The second kappa shape index (κ2) is 36.8. The lowest BCUT2D eigenvalue weighted by Crippen LogP contribution is -2.28. The van der Waals surface area contributed by atoms with E-state index in [0.29, 0.717) is 13.0 Å². The number of carbonyl (C=O) groups excluding carboxylic acids is 1. The molecule has 9 heteroatoms. The second-order valence-electron chi connectivity index (χ2n) is 13.5. The fraction of sp³-hybridized carbons (Fsp3) is 0.974. The second-order valence-corrected chi connectivity index (χ2v) is 15.0. The summed E-state index contributed by atoms with van der Waals surface area (Å²) in [4.78, 5) is 22.4. The van der Waals surface area contributed by atoms with Crippen molar-refractivity contribution in [1.82, 2.24) is 0 Å². The first kappa shape index (κ1) is 46.5. The molecule has 2 atom stereocenters. The Morgan fingerprint density at radius 1 is 0.553 bits per heavy atom. The van der Waals surface area contributed by atoms with Crippen molar-refractivity contribution in [3.8, 4) is 0 Å². The van der Waals surface area contributed by atoms with Crippen LogP contribution >= 0.6 is 7.82 Å². The fourth-order valence-electron chi connectivity index (χ4n) is 5.82. The van der Waals surface area contributed by atoms with Crippen molar-refractivity contribution < 1.29 is 32.8 Å². The Morgan fingerprint density at radius 3 is 1.34 bits per heavy atom. The number of hydrogen-bond donors (Lipinski definition) is 2. The van der Waals surface area contributed by atoms with Crippen molar-refractivity contribution in [3.05, 3.63) is 0 Å². The summed E-state index contributed by atoms with van der Waals surface area (Å²) in [6, 6.07) is 0. The molecule has 282 valence electrons. The molecule has 0 radical (unpaired) electrons. The van der Waals surface area contributed by atoms with Crippen LogP contribution in [0.15, 0.2) is 0 Å². The monoisotopic (exact) mass is 692 g/mol. The predicted molar refractivity (Wildman–Crippen MR) is 197 cm³/mol. The molecule has 0 aliphatic carbocycles. The average Bonchev–Trinajstić information content (AvgIpc) is 3.06. The maximum Gasteiger partial charge on any atom is 0.472 e. The van der Waals surface area contributed by atoms with Gasteiger partial charge in [0.05, 0.1) is 19.8 Å². The van der Waals surface area contributed by atoms with Gasteiger partial charge in [-0.15, -0.1) is 0 Å². The van der Waals surface area contributed by atoms with Gasteiger partial charge in [0, 0.05) is 19.6 Å². The molecule has 0 aromatic heterocycles. The van der Waals surface area contributed by atoms with Crippen LogP contribution in [0.25, 0.3) is 0 Å². The van der Waals surface area contributed by atoms with Gasteiger partial charge in [0.15, 0.2) is 0 Å². The Morgan fingerprint density at radius 2 is 0.936 bits per heavy atom. The molecule has 8 nitrogen and oxygen atoms in total. The number of nitrogens with two attached hydrogens (primary N) is 1. The lowest BCUT2D eigenvalue weighted by Gasteiger charge is -2.20. The fourth-order valence-corrected chi connectivity index (χ4v) is 6.59. The lowest BCUT2D eigenvalue weighted by atomic mass is 10.0. The standard InChI is InChI=1S/C38H78NO7P/c1-3-5-7-9-11-13-14-15-16-17-18-19-20-21-22-23-25-27-29-31-38(40)46-37(36-45-47(41,42)44-34-32-39)35-43-33-30-28-26-24-12-10-8-6-4-2/h37H,3-36,39H2,1-2H3,(H,41,42).